The average Bonchev–Trinajstić information content (AvgIpc) is 2.66. The van der Waals surface area contributed by atoms with E-state index in [4.69, 9.17) is 14.0 Å². The van der Waals surface area contributed by atoms with Crippen molar-refractivity contribution in [3.05, 3.63) is 23.8 Å². The van der Waals surface area contributed by atoms with Crippen LogP contribution < -0.4 is 15.5 Å². The molecule has 0 unspecified atom stereocenters. The molecular formula is C17H26BNO4. The van der Waals surface area contributed by atoms with Crippen LogP contribution in [0.1, 0.15) is 51.9 Å². The highest BCUT2D eigenvalue weighted by Crippen LogP contribution is 2.37. The Morgan fingerprint density at radius 3 is 2.22 bits per heavy atom. The number of hydrogen-bond donors (Lipinski definition) is 1. The predicted molar refractivity (Wildman–Crippen MR) is 91.3 cm³/mol. The Kier molecular flexibility index (Phi) is 4.78. The zero-order chi connectivity index (χ0) is 17.4. The van der Waals surface area contributed by atoms with Gasteiger partial charge in [0.15, 0.2) is 0 Å². The minimum Gasteiger partial charge on any atom is -0.497 e. The van der Waals surface area contributed by atoms with Crippen LogP contribution in [0.2, 0.25) is 0 Å². The van der Waals surface area contributed by atoms with Gasteiger partial charge in [0, 0.05) is 17.1 Å². The molecule has 6 heteroatoms. The number of carbonyl (C=O) groups is 1. The van der Waals surface area contributed by atoms with Gasteiger partial charge in [0.2, 0.25) is 0 Å². The van der Waals surface area contributed by atoms with Crippen LogP contribution in [0.25, 0.3) is 0 Å². The van der Waals surface area contributed by atoms with Gasteiger partial charge in [-0.1, -0.05) is 0 Å². The fraction of sp³-hybridized carbons (Fsp3) is 0.588. The first kappa shape index (κ1) is 17.8. The Morgan fingerprint density at radius 1 is 1.17 bits per heavy atom. The van der Waals surface area contributed by atoms with Gasteiger partial charge in [0.1, 0.15) is 5.75 Å². The predicted octanol–water partition coefficient (Wildman–Crippen LogP) is 2.13. The molecule has 1 saturated heterocycles. The molecule has 0 atom stereocenters. The van der Waals surface area contributed by atoms with E-state index in [-0.39, 0.29) is 11.9 Å². The Balaban J connectivity index is 2.36. The standard InChI is InChI=1S/C17H26BNO4/c1-11(2)19-15(20)12-8-9-14(21-7)13(10-12)18-22-16(3,4)17(5,6)23-18/h8-11H,1-7H3,(H,19,20). The van der Waals surface area contributed by atoms with Crippen molar-refractivity contribution in [2.45, 2.75) is 58.8 Å². The summed E-state index contributed by atoms with van der Waals surface area (Å²) in [5.41, 5.74) is 0.393. The molecule has 0 aliphatic carbocycles. The Labute approximate surface area is 138 Å². The Hall–Kier alpha value is -1.53. The maximum Gasteiger partial charge on any atom is 0.498 e. The van der Waals surface area contributed by atoms with E-state index in [0.29, 0.717) is 11.3 Å². The number of rotatable bonds is 4. The van der Waals surface area contributed by atoms with Gasteiger partial charge in [0.25, 0.3) is 5.91 Å². The van der Waals surface area contributed by atoms with Gasteiger partial charge in [-0.2, -0.15) is 0 Å². The molecule has 1 aliphatic heterocycles. The van der Waals surface area contributed by atoms with Crippen molar-refractivity contribution < 1.29 is 18.8 Å². The molecule has 0 spiro atoms. The van der Waals surface area contributed by atoms with Crippen molar-refractivity contribution in [3.63, 3.8) is 0 Å². The van der Waals surface area contributed by atoms with E-state index < -0.39 is 18.3 Å². The third-order valence-electron chi connectivity index (χ3n) is 4.42. The van der Waals surface area contributed by atoms with Gasteiger partial charge in [-0.3, -0.25) is 4.79 Å². The fourth-order valence-corrected chi connectivity index (χ4v) is 2.38. The molecule has 1 aromatic rings. The molecule has 0 bridgehead atoms. The lowest BCUT2D eigenvalue weighted by molar-refractivity contribution is 0.00578. The molecule has 0 aromatic heterocycles. The number of amides is 1. The molecule has 0 radical (unpaired) electrons. The summed E-state index contributed by atoms with van der Waals surface area (Å²) in [5, 5.41) is 2.89. The lowest BCUT2D eigenvalue weighted by Crippen LogP contribution is -2.41. The van der Waals surface area contributed by atoms with Gasteiger partial charge < -0.3 is 19.4 Å². The molecule has 1 aromatic carbocycles. The largest absolute Gasteiger partial charge is 0.498 e. The molecule has 1 fully saturated rings. The molecule has 0 saturated carbocycles. The number of benzene rings is 1. The van der Waals surface area contributed by atoms with Crippen molar-refractivity contribution in [3.8, 4) is 5.75 Å². The van der Waals surface area contributed by atoms with E-state index in [0.717, 1.165) is 5.46 Å². The fourth-order valence-electron chi connectivity index (χ4n) is 2.38. The Bertz CT molecular complexity index is 582. The molecule has 1 amide bonds. The normalized spacial score (nSPS) is 19.0. The summed E-state index contributed by atoms with van der Waals surface area (Å²) in [6, 6.07) is 5.37. The van der Waals surface area contributed by atoms with Crippen LogP contribution in [0, 0.1) is 0 Å². The van der Waals surface area contributed by atoms with Gasteiger partial charge in [-0.25, -0.2) is 0 Å². The number of methoxy groups -OCH3 is 1. The quantitative estimate of drug-likeness (QED) is 0.864. The number of carbonyl (C=O) groups excluding carboxylic acids is 1. The molecule has 5 nitrogen and oxygen atoms in total. The maximum atomic E-state index is 12.2. The van der Waals surface area contributed by atoms with Crippen LogP contribution >= 0.6 is 0 Å². The summed E-state index contributed by atoms with van der Waals surface area (Å²) >= 11 is 0. The van der Waals surface area contributed by atoms with E-state index in [1.165, 1.54) is 0 Å². The summed E-state index contributed by atoms with van der Waals surface area (Å²) in [5.74, 6) is 0.519. The number of nitrogens with one attached hydrogen (secondary N) is 1. The Morgan fingerprint density at radius 2 is 1.74 bits per heavy atom. The third kappa shape index (κ3) is 3.53. The van der Waals surface area contributed by atoms with Crippen molar-refractivity contribution >= 4 is 18.5 Å². The first-order valence-electron chi connectivity index (χ1n) is 7.92. The second-order valence-corrected chi connectivity index (χ2v) is 7.17. The van der Waals surface area contributed by atoms with Gasteiger partial charge in [-0.05, 0) is 59.7 Å². The lowest BCUT2D eigenvalue weighted by atomic mass is 9.77. The second-order valence-electron chi connectivity index (χ2n) is 7.17. The number of hydrogen-bond acceptors (Lipinski definition) is 4. The molecule has 2 rings (SSSR count). The van der Waals surface area contributed by atoms with Crippen LogP contribution in [0.15, 0.2) is 18.2 Å². The van der Waals surface area contributed by atoms with E-state index in [1.54, 1.807) is 25.3 Å². The summed E-state index contributed by atoms with van der Waals surface area (Å²) < 4.78 is 17.6. The topological polar surface area (TPSA) is 56.8 Å². The SMILES string of the molecule is COc1ccc(C(=O)NC(C)C)cc1B1OC(C)(C)C(C)(C)O1. The molecular weight excluding hydrogens is 293 g/mol. The summed E-state index contributed by atoms with van der Waals surface area (Å²) in [7, 11) is 1.03. The van der Waals surface area contributed by atoms with Crippen molar-refractivity contribution in [1.29, 1.82) is 0 Å². The lowest BCUT2D eigenvalue weighted by Gasteiger charge is -2.32. The highest BCUT2D eigenvalue weighted by molar-refractivity contribution is 6.63. The molecule has 23 heavy (non-hydrogen) atoms. The van der Waals surface area contributed by atoms with Gasteiger partial charge in [0.05, 0.1) is 18.3 Å². The highest BCUT2D eigenvalue weighted by atomic mass is 16.7. The third-order valence-corrected chi connectivity index (χ3v) is 4.42. The molecule has 126 valence electrons. The van der Waals surface area contributed by atoms with Crippen LogP contribution in [-0.4, -0.2) is 37.4 Å². The first-order chi connectivity index (χ1) is 10.6. The first-order valence-corrected chi connectivity index (χ1v) is 7.92. The minimum atomic E-state index is -0.568. The van der Waals surface area contributed by atoms with Crippen LogP contribution in [0.4, 0.5) is 0 Å². The summed E-state index contributed by atoms with van der Waals surface area (Å²) in [4.78, 5) is 12.2. The van der Waals surface area contributed by atoms with Crippen LogP contribution in [0.3, 0.4) is 0 Å². The summed E-state index contributed by atoms with van der Waals surface area (Å²) in [6.07, 6.45) is 0. The van der Waals surface area contributed by atoms with Crippen LogP contribution in [0.5, 0.6) is 5.75 Å². The van der Waals surface area contributed by atoms with Crippen molar-refractivity contribution in [1.82, 2.24) is 5.32 Å². The molecule has 1 aliphatic rings. The van der Waals surface area contributed by atoms with E-state index in [9.17, 15) is 4.79 Å². The van der Waals surface area contributed by atoms with Crippen LogP contribution in [-0.2, 0) is 9.31 Å². The molecule has 1 N–H and O–H groups in total. The minimum absolute atomic E-state index is 0.0740. The highest BCUT2D eigenvalue weighted by Gasteiger charge is 2.52. The average molecular weight is 319 g/mol. The number of ether oxygens (including phenoxy) is 1. The van der Waals surface area contributed by atoms with Crippen molar-refractivity contribution in [2.24, 2.45) is 0 Å². The maximum absolute atomic E-state index is 12.2. The summed E-state index contributed by atoms with van der Waals surface area (Å²) in [6.45, 7) is 11.8. The van der Waals surface area contributed by atoms with E-state index in [2.05, 4.69) is 5.32 Å². The second kappa shape index (κ2) is 6.17. The van der Waals surface area contributed by atoms with E-state index >= 15 is 0 Å². The van der Waals surface area contributed by atoms with E-state index in [1.807, 2.05) is 41.5 Å². The van der Waals surface area contributed by atoms with Crippen molar-refractivity contribution in [2.75, 3.05) is 7.11 Å². The molecule has 1 heterocycles. The zero-order valence-electron chi connectivity index (χ0n) is 15.0. The van der Waals surface area contributed by atoms with Gasteiger partial charge >= 0.3 is 7.12 Å². The van der Waals surface area contributed by atoms with Gasteiger partial charge in [-0.15, -0.1) is 0 Å². The monoisotopic (exact) mass is 319 g/mol. The smallest absolute Gasteiger partial charge is 0.497 e. The zero-order valence-corrected chi connectivity index (χ0v) is 15.0.